The summed E-state index contributed by atoms with van der Waals surface area (Å²) >= 11 is 1.00. The van der Waals surface area contributed by atoms with Gasteiger partial charge in [-0.25, -0.2) is 9.78 Å². The summed E-state index contributed by atoms with van der Waals surface area (Å²) < 4.78 is 4.37. The second-order valence-electron chi connectivity index (χ2n) is 2.35. The standard InChI is InChI=1S/C7H8N2O3S.Na.H/c1-3-5(13-7(8)9-3)6(11)12-4(2)10;;/h1-2H3,(H2,8,9);;. The van der Waals surface area contributed by atoms with Gasteiger partial charge in [0.1, 0.15) is 4.88 Å². The third-order valence-electron chi connectivity index (χ3n) is 1.23. The van der Waals surface area contributed by atoms with Crippen molar-refractivity contribution in [1.29, 1.82) is 0 Å². The summed E-state index contributed by atoms with van der Waals surface area (Å²) in [7, 11) is 0. The quantitative estimate of drug-likeness (QED) is 0.415. The van der Waals surface area contributed by atoms with Crippen LogP contribution in [0.1, 0.15) is 22.3 Å². The van der Waals surface area contributed by atoms with Gasteiger partial charge >= 0.3 is 41.5 Å². The van der Waals surface area contributed by atoms with E-state index in [2.05, 4.69) is 9.72 Å². The van der Waals surface area contributed by atoms with Crippen molar-refractivity contribution in [3.8, 4) is 0 Å². The van der Waals surface area contributed by atoms with E-state index in [1.807, 2.05) is 0 Å². The molecule has 1 aromatic heterocycles. The average Bonchev–Trinajstić information content (AvgIpc) is 2.28. The normalized spacial score (nSPS) is 9.00. The molecule has 14 heavy (non-hydrogen) atoms. The zero-order valence-corrected chi connectivity index (χ0v) is 7.97. The second-order valence-corrected chi connectivity index (χ2v) is 3.38. The third-order valence-corrected chi connectivity index (χ3v) is 2.20. The molecule has 0 atom stereocenters. The number of esters is 2. The van der Waals surface area contributed by atoms with E-state index in [1.165, 1.54) is 0 Å². The Hall–Kier alpha value is -0.430. The van der Waals surface area contributed by atoms with Crippen molar-refractivity contribution in [1.82, 2.24) is 4.98 Å². The summed E-state index contributed by atoms with van der Waals surface area (Å²) in [6.45, 7) is 2.79. The van der Waals surface area contributed by atoms with Crippen LogP contribution in [-0.2, 0) is 9.53 Å². The topological polar surface area (TPSA) is 82.3 Å². The van der Waals surface area contributed by atoms with Crippen LogP contribution in [0.4, 0.5) is 5.13 Å². The third kappa shape index (κ3) is 3.38. The van der Waals surface area contributed by atoms with Crippen LogP contribution in [0.25, 0.3) is 0 Å². The zero-order chi connectivity index (χ0) is 10.0. The second kappa shape index (κ2) is 5.45. The molecule has 0 aliphatic heterocycles. The van der Waals surface area contributed by atoms with E-state index in [0.29, 0.717) is 5.69 Å². The maximum absolute atomic E-state index is 11.2. The number of hydrogen-bond acceptors (Lipinski definition) is 6. The predicted molar refractivity (Wildman–Crippen MR) is 54.5 cm³/mol. The van der Waals surface area contributed by atoms with Crippen molar-refractivity contribution >= 4 is 58.0 Å². The van der Waals surface area contributed by atoms with Gasteiger partial charge in [0.2, 0.25) is 0 Å². The van der Waals surface area contributed by atoms with Crippen LogP contribution in [0.5, 0.6) is 0 Å². The van der Waals surface area contributed by atoms with Gasteiger partial charge in [-0.3, -0.25) is 4.79 Å². The Morgan fingerprint density at radius 1 is 1.50 bits per heavy atom. The molecule has 5 nitrogen and oxygen atoms in total. The first-order chi connectivity index (χ1) is 6.00. The van der Waals surface area contributed by atoms with Gasteiger partial charge in [-0.05, 0) is 6.92 Å². The van der Waals surface area contributed by atoms with Gasteiger partial charge in [0.05, 0.1) is 5.69 Å². The van der Waals surface area contributed by atoms with Crippen molar-refractivity contribution in [2.24, 2.45) is 0 Å². The molecule has 0 saturated heterocycles. The number of thiazole rings is 1. The maximum atomic E-state index is 11.2. The molecule has 0 aliphatic carbocycles. The Balaban J connectivity index is 0.00000169. The van der Waals surface area contributed by atoms with Crippen molar-refractivity contribution < 1.29 is 14.3 Å². The molecule has 0 saturated carbocycles. The van der Waals surface area contributed by atoms with Gasteiger partial charge in [-0.15, -0.1) is 0 Å². The first-order valence-electron chi connectivity index (χ1n) is 3.46. The SMILES string of the molecule is CC(=O)OC(=O)c1sc(N)nc1C.[NaH]. The number of ether oxygens (including phenoxy) is 1. The van der Waals surface area contributed by atoms with Crippen LogP contribution in [0, 0.1) is 6.92 Å². The van der Waals surface area contributed by atoms with Crippen molar-refractivity contribution in [3.63, 3.8) is 0 Å². The van der Waals surface area contributed by atoms with Crippen LogP contribution in [0.15, 0.2) is 0 Å². The van der Waals surface area contributed by atoms with Gasteiger partial charge in [-0.2, -0.15) is 0 Å². The molecule has 0 unspecified atom stereocenters. The number of carbonyl (C=O) groups is 2. The monoisotopic (exact) mass is 224 g/mol. The molecular formula is C7H9N2NaO3S. The van der Waals surface area contributed by atoms with Crippen LogP contribution in [0.3, 0.4) is 0 Å². The molecule has 0 aliphatic rings. The minimum atomic E-state index is -0.695. The number of nitrogens with two attached hydrogens (primary N) is 1. The predicted octanol–water partition coefficient (Wildman–Crippen LogP) is 0.0885. The Kier molecular flexibility index (Phi) is 5.28. The molecular weight excluding hydrogens is 215 g/mol. The summed E-state index contributed by atoms with van der Waals surface area (Å²) in [6, 6.07) is 0. The first-order valence-corrected chi connectivity index (χ1v) is 4.28. The summed E-state index contributed by atoms with van der Waals surface area (Å²) in [6.07, 6.45) is 0. The van der Waals surface area contributed by atoms with Crippen molar-refractivity contribution in [2.75, 3.05) is 5.73 Å². The van der Waals surface area contributed by atoms with E-state index >= 15 is 0 Å². The fourth-order valence-electron chi connectivity index (χ4n) is 0.784. The Bertz CT molecular complexity index is 364. The molecule has 1 heterocycles. The van der Waals surface area contributed by atoms with Gasteiger partial charge in [-0.1, -0.05) is 11.3 Å². The molecule has 0 spiro atoms. The number of nitrogen functional groups attached to an aromatic ring is 1. The van der Waals surface area contributed by atoms with E-state index < -0.39 is 11.9 Å². The van der Waals surface area contributed by atoms with Gasteiger partial charge < -0.3 is 10.5 Å². The number of nitrogens with zero attached hydrogens (tertiary/aromatic N) is 1. The molecule has 0 aromatic carbocycles. The van der Waals surface area contributed by atoms with Crippen molar-refractivity contribution in [3.05, 3.63) is 10.6 Å². The number of anilines is 1. The van der Waals surface area contributed by atoms with Gasteiger partial charge in [0, 0.05) is 6.92 Å². The van der Waals surface area contributed by atoms with E-state index in [9.17, 15) is 9.59 Å². The molecule has 0 bridgehead atoms. The van der Waals surface area contributed by atoms with E-state index in [4.69, 9.17) is 5.73 Å². The Morgan fingerprint density at radius 3 is 2.43 bits per heavy atom. The summed E-state index contributed by atoms with van der Waals surface area (Å²) in [5.41, 5.74) is 5.84. The molecule has 0 amide bonds. The van der Waals surface area contributed by atoms with Crippen LogP contribution < -0.4 is 5.73 Å². The molecule has 0 radical (unpaired) electrons. The minimum absolute atomic E-state index is 0. The summed E-state index contributed by atoms with van der Waals surface area (Å²) in [5, 5.41) is 0.285. The molecule has 0 fully saturated rings. The molecule has 2 N–H and O–H groups in total. The molecule has 1 rings (SSSR count). The first kappa shape index (κ1) is 13.6. The van der Waals surface area contributed by atoms with Gasteiger partial charge in [0.15, 0.2) is 5.13 Å². The Morgan fingerprint density at radius 2 is 2.07 bits per heavy atom. The molecule has 7 heteroatoms. The fourth-order valence-corrected chi connectivity index (χ4v) is 1.49. The summed E-state index contributed by atoms with van der Waals surface area (Å²) in [5.74, 6) is -1.34. The average molecular weight is 224 g/mol. The van der Waals surface area contributed by atoms with Crippen LogP contribution in [0.2, 0.25) is 0 Å². The van der Waals surface area contributed by atoms with Crippen LogP contribution in [-0.4, -0.2) is 46.5 Å². The fraction of sp³-hybridized carbons (Fsp3) is 0.286. The number of aryl methyl sites for hydroxylation is 1. The number of carbonyl (C=O) groups excluding carboxylic acids is 2. The van der Waals surface area contributed by atoms with E-state index in [0.717, 1.165) is 18.3 Å². The molecule has 1 aromatic rings. The van der Waals surface area contributed by atoms with Gasteiger partial charge in [0.25, 0.3) is 0 Å². The number of aromatic nitrogens is 1. The number of rotatable bonds is 1. The zero-order valence-electron chi connectivity index (χ0n) is 7.16. The van der Waals surface area contributed by atoms with E-state index in [1.54, 1.807) is 6.92 Å². The Labute approximate surface area is 107 Å². The number of hydrogen-bond donors (Lipinski definition) is 1. The van der Waals surface area contributed by atoms with E-state index in [-0.39, 0.29) is 39.6 Å². The van der Waals surface area contributed by atoms with Crippen molar-refractivity contribution in [2.45, 2.75) is 13.8 Å². The summed E-state index contributed by atoms with van der Waals surface area (Å²) in [4.78, 5) is 25.7. The van der Waals surface area contributed by atoms with Crippen LogP contribution >= 0.6 is 11.3 Å². The molecule has 72 valence electrons.